The second kappa shape index (κ2) is 2.92. The maximum Gasteiger partial charge on any atom is 0.273 e. The number of fused-ring (bicyclic) bond motifs is 1. The van der Waals surface area contributed by atoms with Gasteiger partial charge < -0.3 is 0 Å². The smallest absolute Gasteiger partial charge is 0.267 e. The molecule has 0 saturated carbocycles. The van der Waals surface area contributed by atoms with E-state index in [1.807, 2.05) is 0 Å². The number of hydrogen-bond acceptors (Lipinski definition) is 2. The summed E-state index contributed by atoms with van der Waals surface area (Å²) in [6, 6.07) is 0. The van der Waals surface area contributed by atoms with Gasteiger partial charge in [-0.25, -0.2) is 4.99 Å². The molecule has 3 nitrogen and oxygen atoms in total. The van der Waals surface area contributed by atoms with Crippen LogP contribution in [0.2, 0.25) is 0 Å². The molecule has 66 valence electrons. The summed E-state index contributed by atoms with van der Waals surface area (Å²) in [5, 5.41) is 0. The Balaban J connectivity index is 2.49. The van der Waals surface area contributed by atoms with Gasteiger partial charge in [0, 0.05) is 17.4 Å². The standard InChI is InChI=1S/C9H7ClN2O/c1-5-4-6-2-3-11-8(10)7(6)12-9(5)13/h2-4,8H,1H3. The van der Waals surface area contributed by atoms with Crippen molar-refractivity contribution in [3.8, 4) is 0 Å². The highest BCUT2D eigenvalue weighted by molar-refractivity contribution is 6.38. The van der Waals surface area contributed by atoms with Crippen molar-refractivity contribution in [3.63, 3.8) is 0 Å². The third-order valence-corrected chi connectivity index (χ3v) is 2.24. The zero-order valence-electron chi connectivity index (χ0n) is 6.99. The van der Waals surface area contributed by atoms with Crippen LogP contribution in [0.15, 0.2) is 33.3 Å². The highest BCUT2D eigenvalue weighted by Crippen LogP contribution is 2.20. The van der Waals surface area contributed by atoms with Gasteiger partial charge in [0.05, 0.1) is 5.71 Å². The second-order valence-corrected chi connectivity index (χ2v) is 3.30. The summed E-state index contributed by atoms with van der Waals surface area (Å²) in [6.45, 7) is 1.73. The Morgan fingerprint density at radius 1 is 1.54 bits per heavy atom. The molecule has 1 unspecified atom stereocenters. The molecule has 0 N–H and O–H groups in total. The SMILES string of the molecule is CC1=CC2=CC=NC(Cl)C2=NC1=O. The Morgan fingerprint density at radius 2 is 2.31 bits per heavy atom. The molecule has 0 radical (unpaired) electrons. The number of halogens is 1. The molecule has 0 fully saturated rings. The minimum atomic E-state index is -0.520. The van der Waals surface area contributed by atoms with E-state index in [0.29, 0.717) is 11.3 Å². The van der Waals surface area contributed by atoms with E-state index in [-0.39, 0.29) is 5.91 Å². The maximum absolute atomic E-state index is 11.2. The molecule has 2 rings (SSSR count). The summed E-state index contributed by atoms with van der Waals surface area (Å²) in [4.78, 5) is 19.0. The lowest BCUT2D eigenvalue weighted by Gasteiger charge is -2.17. The highest BCUT2D eigenvalue weighted by atomic mass is 35.5. The van der Waals surface area contributed by atoms with E-state index in [9.17, 15) is 4.79 Å². The van der Waals surface area contributed by atoms with E-state index in [1.54, 1.807) is 25.3 Å². The lowest BCUT2D eigenvalue weighted by atomic mass is 10.0. The van der Waals surface area contributed by atoms with Crippen LogP contribution in [-0.4, -0.2) is 23.3 Å². The third-order valence-electron chi connectivity index (χ3n) is 1.92. The second-order valence-electron chi connectivity index (χ2n) is 2.89. The number of alkyl halides is 1. The number of carbonyl (C=O) groups is 1. The number of aliphatic imine (C=N–C) groups is 2. The molecule has 2 aliphatic heterocycles. The van der Waals surface area contributed by atoms with Crippen LogP contribution >= 0.6 is 11.6 Å². The van der Waals surface area contributed by atoms with E-state index in [4.69, 9.17) is 11.6 Å². The van der Waals surface area contributed by atoms with Crippen molar-refractivity contribution in [1.82, 2.24) is 0 Å². The van der Waals surface area contributed by atoms with Crippen LogP contribution < -0.4 is 0 Å². The third kappa shape index (κ3) is 1.35. The molecule has 4 heteroatoms. The summed E-state index contributed by atoms with van der Waals surface area (Å²) < 4.78 is 0. The topological polar surface area (TPSA) is 41.8 Å². The normalized spacial score (nSPS) is 26.2. The Hall–Kier alpha value is -1.22. The first kappa shape index (κ1) is 8.38. The largest absolute Gasteiger partial charge is 0.273 e. The molecular weight excluding hydrogens is 188 g/mol. The summed E-state index contributed by atoms with van der Waals surface area (Å²) in [6.07, 6.45) is 5.21. The highest BCUT2D eigenvalue weighted by Gasteiger charge is 2.23. The molecule has 1 amide bonds. The molecule has 0 saturated heterocycles. The van der Waals surface area contributed by atoms with Crippen molar-refractivity contribution in [2.24, 2.45) is 9.98 Å². The van der Waals surface area contributed by atoms with Crippen molar-refractivity contribution < 1.29 is 4.79 Å². The lowest BCUT2D eigenvalue weighted by molar-refractivity contribution is -0.114. The summed E-state index contributed by atoms with van der Waals surface area (Å²) in [7, 11) is 0. The predicted octanol–water partition coefficient (Wildman–Crippen LogP) is 1.49. The lowest BCUT2D eigenvalue weighted by Crippen LogP contribution is -2.23. The van der Waals surface area contributed by atoms with Crippen LogP contribution in [0, 0.1) is 0 Å². The fourth-order valence-corrected chi connectivity index (χ4v) is 1.46. The molecule has 0 aromatic heterocycles. The van der Waals surface area contributed by atoms with Crippen molar-refractivity contribution in [2.75, 3.05) is 0 Å². The van der Waals surface area contributed by atoms with Gasteiger partial charge in [-0.2, -0.15) is 0 Å². The van der Waals surface area contributed by atoms with Gasteiger partial charge in [-0.15, -0.1) is 0 Å². The van der Waals surface area contributed by atoms with E-state index in [0.717, 1.165) is 5.57 Å². The van der Waals surface area contributed by atoms with E-state index in [2.05, 4.69) is 9.98 Å². The Bertz CT molecular complexity index is 390. The van der Waals surface area contributed by atoms with Crippen LogP contribution in [0.3, 0.4) is 0 Å². The van der Waals surface area contributed by atoms with Crippen LogP contribution in [0.25, 0.3) is 0 Å². The van der Waals surface area contributed by atoms with Crippen LogP contribution in [-0.2, 0) is 4.79 Å². The minimum absolute atomic E-state index is 0.227. The first-order chi connectivity index (χ1) is 6.18. The Labute approximate surface area is 80.5 Å². The number of hydrogen-bond donors (Lipinski definition) is 0. The fraction of sp³-hybridized carbons (Fsp3) is 0.222. The molecule has 13 heavy (non-hydrogen) atoms. The van der Waals surface area contributed by atoms with Gasteiger partial charge in [0.15, 0.2) is 5.50 Å². The predicted molar refractivity (Wildman–Crippen MR) is 52.4 cm³/mol. The maximum atomic E-state index is 11.2. The molecule has 2 heterocycles. The average molecular weight is 195 g/mol. The summed E-state index contributed by atoms with van der Waals surface area (Å²) in [5.41, 5.74) is 1.55. The van der Waals surface area contributed by atoms with Gasteiger partial charge in [-0.05, 0) is 19.1 Å². The molecule has 0 aromatic rings. The number of dihydropyridines is 2. The molecule has 0 spiro atoms. The van der Waals surface area contributed by atoms with Gasteiger partial charge in [0.1, 0.15) is 0 Å². The number of rotatable bonds is 0. The van der Waals surface area contributed by atoms with Crippen LogP contribution in [0.4, 0.5) is 0 Å². The van der Waals surface area contributed by atoms with Crippen LogP contribution in [0.5, 0.6) is 0 Å². The fourth-order valence-electron chi connectivity index (χ4n) is 1.22. The Morgan fingerprint density at radius 3 is 3.08 bits per heavy atom. The van der Waals surface area contributed by atoms with Crippen molar-refractivity contribution in [3.05, 3.63) is 23.3 Å². The zero-order chi connectivity index (χ0) is 9.42. The monoisotopic (exact) mass is 194 g/mol. The van der Waals surface area contributed by atoms with Gasteiger partial charge in [0.25, 0.3) is 5.91 Å². The number of nitrogens with zero attached hydrogens (tertiary/aromatic N) is 2. The Kier molecular flexibility index (Phi) is 1.88. The first-order valence-corrected chi connectivity index (χ1v) is 4.31. The van der Waals surface area contributed by atoms with E-state index in [1.165, 1.54) is 0 Å². The van der Waals surface area contributed by atoms with E-state index >= 15 is 0 Å². The molecule has 0 aromatic carbocycles. The number of allylic oxidation sites excluding steroid dienone is 2. The summed E-state index contributed by atoms with van der Waals surface area (Å²) >= 11 is 5.85. The molecule has 0 bridgehead atoms. The van der Waals surface area contributed by atoms with Crippen molar-refractivity contribution in [2.45, 2.75) is 12.4 Å². The molecule has 1 atom stereocenters. The van der Waals surface area contributed by atoms with Gasteiger partial charge in [-0.1, -0.05) is 11.6 Å². The molecule has 0 aliphatic carbocycles. The van der Waals surface area contributed by atoms with Crippen LogP contribution in [0.1, 0.15) is 6.92 Å². The quantitative estimate of drug-likeness (QED) is 0.426. The zero-order valence-corrected chi connectivity index (χ0v) is 7.75. The summed E-state index contributed by atoms with van der Waals surface area (Å²) in [5.74, 6) is -0.227. The van der Waals surface area contributed by atoms with Gasteiger partial charge >= 0.3 is 0 Å². The van der Waals surface area contributed by atoms with Gasteiger partial charge in [0.2, 0.25) is 0 Å². The number of carbonyl (C=O) groups excluding carboxylic acids is 1. The van der Waals surface area contributed by atoms with E-state index < -0.39 is 5.50 Å². The van der Waals surface area contributed by atoms with Crippen molar-refractivity contribution in [1.29, 1.82) is 0 Å². The molecular formula is C9H7ClN2O. The number of amides is 1. The first-order valence-electron chi connectivity index (χ1n) is 3.87. The molecule has 2 aliphatic rings. The average Bonchev–Trinajstić information content (AvgIpc) is 2.09. The van der Waals surface area contributed by atoms with Crippen molar-refractivity contribution >= 4 is 29.4 Å². The van der Waals surface area contributed by atoms with Gasteiger partial charge in [-0.3, -0.25) is 9.79 Å². The minimum Gasteiger partial charge on any atom is -0.267 e.